The van der Waals surface area contributed by atoms with Crippen LogP contribution in [0.1, 0.15) is 20.3 Å². The number of piperidine rings is 1. The van der Waals surface area contributed by atoms with Gasteiger partial charge in [-0.25, -0.2) is 8.42 Å². The summed E-state index contributed by atoms with van der Waals surface area (Å²) in [6.45, 7) is 5.00. The van der Waals surface area contributed by atoms with Gasteiger partial charge in [-0.2, -0.15) is 4.31 Å². The maximum absolute atomic E-state index is 12.5. The summed E-state index contributed by atoms with van der Waals surface area (Å²) in [6.07, 6.45) is 0.704. The van der Waals surface area contributed by atoms with Gasteiger partial charge in [0, 0.05) is 23.6 Å². The van der Waals surface area contributed by atoms with E-state index in [1.807, 2.05) is 13.8 Å². The number of hydrogen-bond donors (Lipinski definition) is 1. The number of sulfonamides is 1. The van der Waals surface area contributed by atoms with Gasteiger partial charge in [0.05, 0.1) is 0 Å². The van der Waals surface area contributed by atoms with Crippen molar-refractivity contribution in [3.8, 4) is 0 Å². The second-order valence-electron chi connectivity index (χ2n) is 5.28. The zero-order chi connectivity index (χ0) is 13.6. The second kappa shape index (κ2) is 5.99. The molecule has 1 aliphatic rings. The largest absolute Gasteiger partial charge is 0.327 e. The molecule has 0 saturated carbocycles. The van der Waals surface area contributed by atoms with Crippen LogP contribution in [0.25, 0.3) is 0 Å². The molecule has 2 heterocycles. The Bertz CT molecular complexity index is 545. The number of nitrogens with two attached hydrogens (primary N) is 1. The van der Waals surface area contributed by atoms with Gasteiger partial charge in [-0.3, -0.25) is 0 Å². The third-order valence-corrected chi connectivity index (χ3v) is 7.93. The normalized spacial score (nSPS) is 23.9. The summed E-state index contributed by atoms with van der Waals surface area (Å²) in [7, 11) is -3.39. The molecule has 2 rings (SSSR count). The van der Waals surface area contributed by atoms with E-state index in [-0.39, 0.29) is 23.9 Å². The van der Waals surface area contributed by atoms with Gasteiger partial charge in [-0.05, 0) is 39.2 Å². The van der Waals surface area contributed by atoms with E-state index < -0.39 is 10.0 Å². The predicted octanol–water partition coefficient (Wildman–Crippen LogP) is 2.68. The zero-order valence-electron chi connectivity index (χ0n) is 10.8. The number of rotatable bonds is 2. The first-order valence-electron chi connectivity index (χ1n) is 5.74. The van der Waals surface area contributed by atoms with Crippen molar-refractivity contribution in [3.63, 3.8) is 0 Å². The van der Waals surface area contributed by atoms with E-state index in [2.05, 4.69) is 15.9 Å². The van der Waals surface area contributed by atoms with Crippen LogP contribution in [0.3, 0.4) is 0 Å². The SMILES string of the molecule is CC1(C)CN(S(=O)(=O)c2sccc2Br)CCC1N.Cl. The van der Waals surface area contributed by atoms with Crippen LogP contribution < -0.4 is 5.73 Å². The van der Waals surface area contributed by atoms with Crippen LogP contribution in [-0.2, 0) is 10.0 Å². The minimum Gasteiger partial charge on any atom is -0.327 e. The Balaban J connectivity index is 0.00000180. The van der Waals surface area contributed by atoms with Crippen molar-refractivity contribution >= 4 is 49.7 Å². The molecule has 1 aliphatic heterocycles. The Kier molecular flexibility index (Phi) is 5.48. The Morgan fingerprint density at radius 2 is 2.16 bits per heavy atom. The molecule has 1 aromatic heterocycles. The standard InChI is InChI=1S/C11H17BrN2O2S2.ClH/c1-11(2)7-14(5-3-9(11)13)18(15,16)10-8(12)4-6-17-10;/h4,6,9H,3,5,7,13H2,1-2H3;1H. The molecule has 1 atom stereocenters. The highest BCUT2D eigenvalue weighted by Crippen LogP contribution is 2.35. The van der Waals surface area contributed by atoms with Gasteiger partial charge in [0.2, 0.25) is 0 Å². The van der Waals surface area contributed by atoms with E-state index in [9.17, 15) is 8.42 Å². The average Bonchev–Trinajstić information content (AvgIpc) is 2.69. The number of thiophene rings is 1. The molecule has 8 heteroatoms. The fraction of sp³-hybridized carbons (Fsp3) is 0.636. The summed E-state index contributed by atoms with van der Waals surface area (Å²) in [5.41, 5.74) is 5.85. The Morgan fingerprint density at radius 1 is 1.53 bits per heavy atom. The first-order valence-corrected chi connectivity index (χ1v) is 8.85. The molecule has 1 aromatic rings. The Hall–Kier alpha value is 0.340. The van der Waals surface area contributed by atoms with Gasteiger partial charge >= 0.3 is 0 Å². The molecule has 2 N–H and O–H groups in total. The zero-order valence-corrected chi connectivity index (χ0v) is 14.8. The summed E-state index contributed by atoms with van der Waals surface area (Å²) < 4.78 is 27.6. The maximum Gasteiger partial charge on any atom is 0.253 e. The Labute approximate surface area is 133 Å². The molecule has 0 aromatic carbocycles. The quantitative estimate of drug-likeness (QED) is 0.846. The van der Waals surface area contributed by atoms with Crippen molar-refractivity contribution in [3.05, 3.63) is 15.9 Å². The molecule has 4 nitrogen and oxygen atoms in total. The predicted molar refractivity (Wildman–Crippen MR) is 84.4 cm³/mol. The fourth-order valence-electron chi connectivity index (χ4n) is 2.11. The van der Waals surface area contributed by atoms with Crippen molar-refractivity contribution in [1.29, 1.82) is 0 Å². The summed E-state index contributed by atoms with van der Waals surface area (Å²) in [5.74, 6) is 0. The van der Waals surface area contributed by atoms with E-state index >= 15 is 0 Å². The average molecular weight is 390 g/mol. The summed E-state index contributed by atoms with van der Waals surface area (Å²) >= 11 is 4.53. The number of nitrogens with zero attached hydrogens (tertiary/aromatic N) is 1. The molecule has 0 amide bonds. The van der Waals surface area contributed by atoms with Crippen molar-refractivity contribution in [1.82, 2.24) is 4.31 Å². The van der Waals surface area contributed by atoms with Gasteiger partial charge < -0.3 is 5.73 Å². The van der Waals surface area contributed by atoms with Gasteiger partial charge in [0.25, 0.3) is 10.0 Å². The Morgan fingerprint density at radius 3 is 2.63 bits per heavy atom. The van der Waals surface area contributed by atoms with Crippen LogP contribution in [0.5, 0.6) is 0 Å². The maximum atomic E-state index is 12.5. The topological polar surface area (TPSA) is 63.4 Å². The van der Waals surface area contributed by atoms with Crippen molar-refractivity contribution in [2.75, 3.05) is 13.1 Å². The molecule has 19 heavy (non-hydrogen) atoms. The van der Waals surface area contributed by atoms with Crippen LogP contribution in [0, 0.1) is 5.41 Å². The van der Waals surface area contributed by atoms with E-state index in [4.69, 9.17) is 5.73 Å². The van der Waals surface area contributed by atoms with Gasteiger partial charge in [0.15, 0.2) is 0 Å². The van der Waals surface area contributed by atoms with Crippen molar-refractivity contribution < 1.29 is 8.42 Å². The third kappa shape index (κ3) is 3.33. The highest BCUT2D eigenvalue weighted by molar-refractivity contribution is 9.10. The molecule has 0 bridgehead atoms. The van der Waals surface area contributed by atoms with Crippen LogP contribution in [0.2, 0.25) is 0 Å². The van der Waals surface area contributed by atoms with Crippen LogP contribution >= 0.6 is 39.7 Å². The molecule has 110 valence electrons. The second-order valence-corrected chi connectivity index (χ2v) is 9.18. The summed E-state index contributed by atoms with van der Waals surface area (Å²) in [6, 6.07) is 1.81. The lowest BCUT2D eigenvalue weighted by Crippen LogP contribution is -2.53. The highest BCUT2D eigenvalue weighted by atomic mass is 79.9. The minimum absolute atomic E-state index is 0. The number of halogens is 2. The van der Waals surface area contributed by atoms with Crippen molar-refractivity contribution in [2.24, 2.45) is 11.1 Å². The van der Waals surface area contributed by atoms with Gasteiger partial charge in [-0.15, -0.1) is 23.7 Å². The molecule has 1 saturated heterocycles. The first kappa shape index (κ1) is 17.4. The molecule has 0 aliphatic carbocycles. The van der Waals surface area contributed by atoms with Crippen LogP contribution in [-0.4, -0.2) is 31.9 Å². The van der Waals surface area contributed by atoms with Crippen molar-refractivity contribution in [2.45, 2.75) is 30.5 Å². The van der Waals surface area contributed by atoms with Crippen LogP contribution in [0.4, 0.5) is 0 Å². The van der Waals surface area contributed by atoms with E-state index in [0.717, 1.165) is 0 Å². The lowest BCUT2D eigenvalue weighted by atomic mass is 9.81. The van der Waals surface area contributed by atoms with E-state index in [1.54, 1.807) is 15.8 Å². The number of hydrogen-bond acceptors (Lipinski definition) is 4. The molecule has 1 unspecified atom stereocenters. The van der Waals surface area contributed by atoms with E-state index in [0.29, 0.717) is 28.2 Å². The molecule has 0 radical (unpaired) electrons. The lowest BCUT2D eigenvalue weighted by molar-refractivity contribution is 0.155. The molecular formula is C11H18BrClN2O2S2. The summed E-state index contributed by atoms with van der Waals surface area (Å²) in [5, 5.41) is 1.78. The smallest absolute Gasteiger partial charge is 0.253 e. The van der Waals surface area contributed by atoms with Gasteiger partial charge in [-0.1, -0.05) is 13.8 Å². The third-order valence-electron chi connectivity index (χ3n) is 3.44. The summed E-state index contributed by atoms with van der Waals surface area (Å²) in [4.78, 5) is 0. The van der Waals surface area contributed by atoms with Crippen LogP contribution in [0.15, 0.2) is 20.1 Å². The fourth-order valence-corrected chi connectivity index (χ4v) is 6.19. The first-order chi connectivity index (χ1) is 8.25. The van der Waals surface area contributed by atoms with E-state index in [1.165, 1.54) is 11.3 Å². The molecule has 0 spiro atoms. The minimum atomic E-state index is -3.39. The molecule has 1 fully saturated rings. The molecular weight excluding hydrogens is 372 g/mol. The lowest BCUT2D eigenvalue weighted by Gasteiger charge is -2.41. The highest BCUT2D eigenvalue weighted by Gasteiger charge is 2.39. The van der Waals surface area contributed by atoms with Gasteiger partial charge in [0.1, 0.15) is 4.21 Å². The monoisotopic (exact) mass is 388 g/mol.